The highest BCUT2D eigenvalue weighted by atomic mass is 19.4. The van der Waals surface area contributed by atoms with Crippen LogP contribution in [0.1, 0.15) is 27.8 Å². The second kappa shape index (κ2) is 11.8. The Morgan fingerprint density at radius 1 is 0.396 bits per heavy atom. The van der Waals surface area contributed by atoms with Crippen LogP contribution in [0.3, 0.4) is 0 Å². The van der Waals surface area contributed by atoms with Crippen LogP contribution in [0.4, 0.5) is 70.2 Å². The molecule has 0 amide bonds. The number of rotatable bonds is 3. The van der Waals surface area contributed by atoms with E-state index in [9.17, 15) is 86.0 Å². The van der Waals surface area contributed by atoms with E-state index in [2.05, 4.69) is 0 Å². The maximum Gasteiger partial charge on any atom is 0.422 e. The van der Waals surface area contributed by atoms with E-state index >= 15 is 0 Å². The topological polar surface area (TPSA) is 71.4 Å². The highest BCUT2D eigenvalue weighted by Crippen LogP contribution is 2.57. The molecule has 0 heterocycles. The summed E-state index contributed by atoms with van der Waals surface area (Å²) < 4.78 is 228. The van der Waals surface area contributed by atoms with Gasteiger partial charge in [0.1, 0.15) is 23.8 Å². The van der Waals surface area contributed by atoms with Crippen molar-refractivity contribution < 1.29 is 70.2 Å². The summed E-state index contributed by atoms with van der Waals surface area (Å²) in [6, 6.07) is 2.52. The van der Waals surface area contributed by atoms with Crippen molar-refractivity contribution in [3.05, 3.63) is 120 Å². The first-order chi connectivity index (χ1) is 22.2. The number of halogens is 16. The monoisotopic (exact) mass is 697 g/mol. The summed E-state index contributed by atoms with van der Waals surface area (Å²) >= 11 is 0. The molecule has 1 aliphatic carbocycles. The summed E-state index contributed by atoms with van der Waals surface area (Å²) in [6.45, 7) is 0.484. The largest absolute Gasteiger partial charge is 0.422 e. The highest BCUT2D eigenvalue weighted by Gasteiger charge is 2.48. The first-order valence-electron chi connectivity index (χ1n) is 11.9. The Morgan fingerprint density at radius 2 is 0.625 bits per heavy atom. The highest BCUT2D eigenvalue weighted by molar-refractivity contribution is 6.12. The van der Waals surface area contributed by atoms with Crippen LogP contribution in [0, 0.1) is 117 Å². The third-order valence-electron chi connectivity index (χ3n) is 6.76. The standard InChI is InChI=1S/C29H3F16N3/c1-5-16(30)18(32)12(19(33)17(5)31)6(2-46)9-10(11(9)8(4-48)14-22(36)26(40)28(42)27(41)23(14)37)7(3-47)13-20(34)24(38)15(29(43,44)45)25(39)21(13)35/h1H3/b9-6+,10-7-,11-8?. The number of benzene rings is 3. The quantitative estimate of drug-likeness (QED) is 0.119. The molecule has 3 aromatic carbocycles. The van der Waals surface area contributed by atoms with Crippen LogP contribution in [0.5, 0.6) is 0 Å². The molecule has 0 aliphatic heterocycles. The average molecular weight is 697 g/mol. The molecule has 0 atom stereocenters. The van der Waals surface area contributed by atoms with Gasteiger partial charge in [0.2, 0.25) is 5.82 Å². The van der Waals surface area contributed by atoms with Crippen molar-refractivity contribution in [1.29, 1.82) is 15.8 Å². The number of alkyl halides is 3. The van der Waals surface area contributed by atoms with E-state index in [1.54, 1.807) is 0 Å². The Labute approximate surface area is 254 Å². The predicted molar refractivity (Wildman–Crippen MR) is 126 cm³/mol. The molecule has 3 nitrogen and oxygen atoms in total. The summed E-state index contributed by atoms with van der Waals surface area (Å²) in [4.78, 5) is 0. The Hall–Kier alpha value is -5.77. The maximum absolute atomic E-state index is 15.0. The van der Waals surface area contributed by atoms with Gasteiger partial charge in [0, 0.05) is 22.3 Å². The van der Waals surface area contributed by atoms with Crippen molar-refractivity contribution in [3.63, 3.8) is 0 Å². The molecule has 1 saturated carbocycles. The van der Waals surface area contributed by atoms with Gasteiger partial charge in [0.25, 0.3) is 0 Å². The minimum atomic E-state index is -6.13. The molecular weight excluding hydrogens is 694 g/mol. The van der Waals surface area contributed by atoms with Crippen LogP contribution in [0.15, 0.2) is 16.7 Å². The Bertz CT molecular complexity index is 2050. The van der Waals surface area contributed by atoms with Gasteiger partial charge < -0.3 is 0 Å². The number of nitrogens with zero attached hydrogens (tertiary/aromatic N) is 3. The minimum absolute atomic E-state index is 0.484. The number of nitriles is 3. The number of hydrogen-bond acceptors (Lipinski definition) is 3. The van der Waals surface area contributed by atoms with E-state index < -0.39 is 143 Å². The first kappa shape index (κ1) is 35.1. The third kappa shape index (κ3) is 4.92. The van der Waals surface area contributed by atoms with Gasteiger partial charge in [-0.25, -0.2) is 57.1 Å². The summed E-state index contributed by atoms with van der Waals surface area (Å²) in [7, 11) is 0. The van der Waals surface area contributed by atoms with Gasteiger partial charge in [-0.05, 0) is 6.92 Å². The molecule has 0 bridgehead atoms. The van der Waals surface area contributed by atoms with Gasteiger partial charge in [-0.15, -0.1) is 0 Å². The van der Waals surface area contributed by atoms with Crippen molar-refractivity contribution in [2.24, 2.45) is 0 Å². The Balaban J connectivity index is 2.36. The molecule has 0 radical (unpaired) electrons. The molecule has 0 spiro atoms. The van der Waals surface area contributed by atoms with Gasteiger partial charge in [-0.1, -0.05) is 0 Å². The van der Waals surface area contributed by atoms with Crippen LogP contribution in [0.25, 0.3) is 16.7 Å². The van der Waals surface area contributed by atoms with Crippen LogP contribution < -0.4 is 0 Å². The molecule has 0 aromatic heterocycles. The lowest BCUT2D eigenvalue weighted by atomic mass is 9.98. The van der Waals surface area contributed by atoms with E-state index in [4.69, 9.17) is 0 Å². The average Bonchev–Trinajstić information content (AvgIpc) is 3.75. The van der Waals surface area contributed by atoms with E-state index in [-0.39, 0.29) is 0 Å². The number of hydrogen-bond donors (Lipinski definition) is 0. The lowest BCUT2D eigenvalue weighted by molar-refractivity contribution is -0.143. The molecule has 4 rings (SSSR count). The fourth-order valence-corrected chi connectivity index (χ4v) is 4.53. The molecule has 0 N–H and O–H groups in total. The fraction of sp³-hybridized carbons (Fsp3) is 0.0690. The van der Waals surface area contributed by atoms with E-state index in [1.807, 2.05) is 0 Å². The van der Waals surface area contributed by atoms with Crippen molar-refractivity contribution >= 4 is 16.7 Å². The predicted octanol–water partition coefficient (Wildman–Crippen LogP) is 9.07. The summed E-state index contributed by atoms with van der Waals surface area (Å²) in [5.74, 6) is -35.7. The summed E-state index contributed by atoms with van der Waals surface area (Å²) in [6.07, 6.45) is -6.13. The number of allylic oxidation sites excluding steroid dienone is 6. The van der Waals surface area contributed by atoms with Crippen LogP contribution >= 0.6 is 0 Å². The van der Waals surface area contributed by atoms with Gasteiger partial charge in [-0.3, -0.25) is 0 Å². The van der Waals surface area contributed by atoms with E-state index in [0.29, 0.717) is 6.92 Å². The Kier molecular flexibility index (Phi) is 8.62. The molecule has 1 aliphatic rings. The van der Waals surface area contributed by atoms with Gasteiger partial charge in [0.15, 0.2) is 69.8 Å². The third-order valence-corrected chi connectivity index (χ3v) is 6.76. The zero-order chi connectivity index (χ0) is 36.5. The smallest absolute Gasteiger partial charge is 0.203 e. The van der Waals surface area contributed by atoms with Crippen molar-refractivity contribution in [3.8, 4) is 18.2 Å². The maximum atomic E-state index is 15.0. The molecule has 0 saturated heterocycles. The summed E-state index contributed by atoms with van der Waals surface area (Å²) in [5, 5.41) is 29.1. The molecular formula is C29H3F16N3. The molecule has 3 aromatic rings. The second-order valence-corrected chi connectivity index (χ2v) is 9.29. The molecule has 48 heavy (non-hydrogen) atoms. The SMILES string of the molecule is Cc1c(F)c(F)c(/C(C#N)=C2/C(=C(C#N)c3c(F)c(F)c(F)c(F)c3F)/C2=C(/C#N)c2c(F)c(F)c(C(F)(F)F)c(F)c2F)c(F)c1F. The second-order valence-electron chi connectivity index (χ2n) is 9.29. The normalized spacial score (nSPS) is 15.9. The lowest BCUT2D eigenvalue weighted by Gasteiger charge is -2.13. The first-order valence-corrected chi connectivity index (χ1v) is 11.9. The van der Waals surface area contributed by atoms with Crippen LogP contribution in [-0.4, -0.2) is 0 Å². The van der Waals surface area contributed by atoms with Gasteiger partial charge >= 0.3 is 6.18 Å². The van der Waals surface area contributed by atoms with Gasteiger partial charge in [0.05, 0.1) is 33.4 Å². The van der Waals surface area contributed by atoms with Gasteiger partial charge in [-0.2, -0.15) is 29.0 Å². The minimum Gasteiger partial charge on any atom is -0.203 e. The van der Waals surface area contributed by atoms with Crippen LogP contribution in [-0.2, 0) is 6.18 Å². The van der Waals surface area contributed by atoms with Crippen LogP contribution in [0.2, 0.25) is 0 Å². The van der Waals surface area contributed by atoms with E-state index in [0.717, 1.165) is 18.2 Å². The summed E-state index contributed by atoms with van der Waals surface area (Å²) in [5.41, 5.74) is -21.7. The zero-order valence-electron chi connectivity index (χ0n) is 22.4. The van der Waals surface area contributed by atoms with E-state index in [1.165, 1.54) is 0 Å². The van der Waals surface area contributed by atoms with Crippen molar-refractivity contribution in [2.45, 2.75) is 13.1 Å². The molecule has 1 fully saturated rings. The lowest BCUT2D eigenvalue weighted by Crippen LogP contribution is -2.17. The Morgan fingerprint density at radius 3 is 0.875 bits per heavy atom. The van der Waals surface area contributed by atoms with Crippen molar-refractivity contribution in [1.82, 2.24) is 0 Å². The molecule has 0 unspecified atom stereocenters. The molecule has 246 valence electrons. The van der Waals surface area contributed by atoms with Crippen molar-refractivity contribution in [2.75, 3.05) is 0 Å². The fourth-order valence-electron chi connectivity index (χ4n) is 4.53. The molecule has 19 heteroatoms. The zero-order valence-corrected chi connectivity index (χ0v) is 22.4.